The lowest BCUT2D eigenvalue weighted by atomic mass is 10.1. The van der Waals surface area contributed by atoms with E-state index in [-0.39, 0.29) is 25.0 Å². The van der Waals surface area contributed by atoms with Gasteiger partial charge in [0.15, 0.2) is 0 Å². The van der Waals surface area contributed by atoms with Gasteiger partial charge >= 0.3 is 12.0 Å². The van der Waals surface area contributed by atoms with Gasteiger partial charge in [-0.05, 0) is 5.92 Å². The number of aliphatic carboxylic acids is 1. The Kier molecular flexibility index (Phi) is 8.06. The van der Waals surface area contributed by atoms with Crippen LogP contribution < -0.4 is 10.6 Å². The van der Waals surface area contributed by atoms with Crippen molar-refractivity contribution in [2.24, 2.45) is 5.92 Å². The fourth-order valence-corrected chi connectivity index (χ4v) is 1.34. The average molecular weight is 262 g/mol. The number of urea groups is 1. The molecule has 0 radical (unpaired) electrons. The minimum Gasteiger partial charge on any atom is -0.480 e. The van der Waals surface area contributed by atoms with Gasteiger partial charge in [-0.25, -0.2) is 9.59 Å². The summed E-state index contributed by atoms with van der Waals surface area (Å²) in [6, 6.07) is -1.87. The molecular weight excluding hydrogens is 240 g/mol. The molecule has 0 rings (SSSR count). The quantitative estimate of drug-likeness (QED) is 0.484. The van der Waals surface area contributed by atoms with Crippen molar-refractivity contribution in [1.29, 1.82) is 0 Å². The van der Waals surface area contributed by atoms with Crippen LogP contribution in [0.5, 0.6) is 0 Å². The summed E-state index contributed by atoms with van der Waals surface area (Å²) in [5, 5.41) is 22.5. The maximum Gasteiger partial charge on any atom is 0.326 e. The summed E-state index contributed by atoms with van der Waals surface area (Å²) in [5.74, 6) is -1.01. The van der Waals surface area contributed by atoms with E-state index in [1.807, 2.05) is 13.8 Å². The molecule has 0 saturated carbocycles. The number of nitrogens with one attached hydrogen (secondary N) is 2. The van der Waals surface area contributed by atoms with Crippen LogP contribution in [-0.2, 0) is 9.53 Å². The minimum atomic E-state index is -1.17. The SMILES string of the molecule is COCC(NC(=O)NC(CCO)C(=O)O)C(C)C. The number of carboxylic acid groups (broad SMARTS) is 1. The lowest BCUT2D eigenvalue weighted by Gasteiger charge is -2.23. The molecule has 0 aromatic rings. The lowest BCUT2D eigenvalue weighted by Crippen LogP contribution is -2.51. The molecule has 0 bridgehead atoms. The number of hydrogen-bond acceptors (Lipinski definition) is 4. The molecule has 0 aromatic heterocycles. The third-order valence-corrected chi connectivity index (χ3v) is 2.49. The molecule has 2 amide bonds. The molecule has 0 saturated heterocycles. The summed E-state index contributed by atoms with van der Waals surface area (Å²) >= 11 is 0. The zero-order chi connectivity index (χ0) is 14.1. The number of aliphatic hydroxyl groups excluding tert-OH is 1. The average Bonchev–Trinajstić information content (AvgIpc) is 2.27. The summed E-state index contributed by atoms with van der Waals surface area (Å²) in [7, 11) is 1.53. The van der Waals surface area contributed by atoms with Crippen LogP contribution in [0.1, 0.15) is 20.3 Å². The number of carboxylic acids is 1. The third kappa shape index (κ3) is 6.41. The Balaban J connectivity index is 4.32. The molecule has 0 fully saturated rings. The lowest BCUT2D eigenvalue weighted by molar-refractivity contribution is -0.139. The molecule has 0 aliphatic rings. The first-order chi connectivity index (χ1) is 8.42. The Morgan fingerprint density at radius 1 is 1.28 bits per heavy atom. The normalized spacial score (nSPS) is 14.1. The first kappa shape index (κ1) is 16.7. The number of carbonyl (C=O) groups is 2. The Hall–Kier alpha value is -1.34. The van der Waals surface area contributed by atoms with Gasteiger partial charge < -0.3 is 25.6 Å². The van der Waals surface area contributed by atoms with E-state index in [9.17, 15) is 9.59 Å². The number of aliphatic hydroxyl groups is 1. The zero-order valence-corrected chi connectivity index (χ0v) is 11.0. The molecule has 0 heterocycles. The number of rotatable bonds is 8. The fourth-order valence-electron chi connectivity index (χ4n) is 1.34. The summed E-state index contributed by atoms with van der Waals surface area (Å²) in [4.78, 5) is 22.4. The van der Waals surface area contributed by atoms with Crippen LogP contribution >= 0.6 is 0 Å². The number of methoxy groups -OCH3 is 1. The topological polar surface area (TPSA) is 108 Å². The Morgan fingerprint density at radius 2 is 1.89 bits per heavy atom. The van der Waals surface area contributed by atoms with Gasteiger partial charge in [0, 0.05) is 20.1 Å². The van der Waals surface area contributed by atoms with Gasteiger partial charge in [0.2, 0.25) is 0 Å². The highest BCUT2D eigenvalue weighted by molar-refractivity contribution is 5.82. The molecule has 18 heavy (non-hydrogen) atoms. The van der Waals surface area contributed by atoms with Crippen molar-refractivity contribution in [2.75, 3.05) is 20.3 Å². The fraction of sp³-hybridized carbons (Fsp3) is 0.818. The van der Waals surface area contributed by atoms with Gasteiger partial charge in [-0.1, -0.05) is 13.8 Å². The van der Waals surface area contributed by atoms with E-state index in [0.29, 0.717) is 6.61 Å². The summed E-state index contributed by atoms with van der Waals surface area (Å²) < 4.78 is 4.97. The number of ether oxygens (including phenoxy) is 1. The summed E-state index contributed by atoms with van der Waals surface area (Å²) in [5.41, 5.74) is 0. The predicted octanol–water partition coefficient (Wildman–Crippen LogP) is -0.208. The van der Waals surface area contributed by atoms with E-state index in [2.05, 4.69) is 10.6 Å². The van der Waals surface area contributed by atoms with Gasteiger partial charge in [-0.2, -0.15) is 0 Å². The second kappa shape index (κ2) is 8.71. The van der Waals surface area contributed by atoms with E-state index < -0.39 is 18.0 Å². The second-order valence-corrected chi connectivity index (χ2v) is 4.33. The monoisotopic (exact) mass is 262 g/mol. The van der Waals surface area contributed by atoms with Crippen molar-refractivity contribution in [2.45, 2.75) is 32.4 Å². The van der Waals surface area contributed by atoms with Gasteiger partial charge in [-0.3, -0.25) is 0 Å². The van der Waals surface area contributed by atoms with E-state index >= 15 is 0 Å². The Bertz CT molecular complexity index is 270. The minimum absolute atomic E-state index is 0.0284. The molecule has 0 aliphatic heterocycles. The molecule has 4 N–H and O–H groups in total. The maximum absolute atomic E-state index is 11.6. The van der Waals surface area contributed by atoms with E-state index in [1.54, 1.807) is 0 Å². The highest BCUT2D eigenvalue weighted by Gasteiger charge is 2.21. The number of carbonyl (C=O) groups excluding carboxylic acids is 1. The summed E-state index contributed by atoms with van der Waals surface area (Å²) in [6.45, 7) is 3.89. The Morgan fingerprint density at radius 3 is 2.28 bits per heavy atom. The summed E-state index contributed by atoms with van der Waals surface area (Å²) in [6.07, 6.45) is -0.0284. The van der Waals surface area contributed by atoms with Crippen LogP contribution in [0.25, 0.3) is 0 Å². The standard InChI is InChI=1S/C11H22N2O5/c1-7(2)9(6-18-3)13-11(17)12-8(4-5-14)10(15)16/h7-9,14H,4-6H2,1-3H3,(H,15,16)(H2,12,13,17). The number of hydrogen-bond donors (Lipinski definition) is 4. The van der Waals surface area contributed by atoms with Gasteiger partial charge in [0.25, 0.3) is 0 Å². The largest absolute Gasteiger partial charge is 0.480 e. The van der Waals surface area contributed by atoms with E-state index in [0.717, 1.165) is 0 Å². The zero-order valence-electron chi connectivity index (χ0n) is 11.0. The Labute approximate surface area is 107 Å². The van der Waals surface area contributed by atoms with Crippen LogP contribution in [0.15, 0.2) is 0 Å². The molecule has 7 nitrogen and oxygen atoms in total. The van der Waals surface area contributed by atoms with E-state index in [4.69, 9.17) is 14.9 Å². The van der Waals surface area contributed by atoms with Crippen molar-refractivity contribution >= 4 is 12.0 Å². The molecule has 7 heteroatoms. The van der Waals surface area contributed by atoms with Gasteiger partial charge in [-0.15, -0.1) is 0 Å². The van der Waals surface area contributed by atoms with Crippen molar-refractivity contribution < 1.29 is 24.5 Å². The molecule has 0 spiro atoms. The van der Waals surface area contributed by atoms with Crippen molar-refractivity contribution in [1.82, 2.24) is 10.6 Å². The van der Waals surface area contributed by atoms with Gasteiger partial charge in [0.1, 0.15) is 6.04 Å². The third-order valence-electron chi connectivity index (χ3n) is 2.49. The van der Waals surface area contributed by atoms with Crippen LogP contribution in [0.3, 0.4) is 0 Å². The first-order valence-electron chi connectivity index (χ1n) is 5.82. The maximum atomic E-state index is 11.6. The smallest absolute Gasteiger partial charge is 0.326 e. The van der Waals surface area contributed by atoms with Gasteiger partial charge in [0.05, 0.1) is 12.6 Å². The van der Waals surface area contributed by atoms with Crippen molar-refractivity contribution in [3.8, 4) is 0 Å². The van der Waals surface area contributed by atoms with Crippen molar-refractivity contribution in [3.05, 3.63) is 0 Å². The first-order valence-corrected chi connectivity index (χ1v) is 5.82. The second-order valence-electron chi connectivity index (χ2n) is 4.33. The highest BCUT2D eigenvalue weighted by Crippen LogP contribution is 2.02. The van der Waals surface area contributed by atoms with Crippen LogP contribution in [0.4, 0.5) is 4.79 Å². The van der Waals surface area contributed by atoms with Crippen LogP contribution in [-0.4, -0.2) is 54.6 Å². The van der Waals surface area contributed by atoms with Crippen LogP contribution in [0, 0.1) is 5.92 Å². The molecule has 0 aromatic carbocycles. The predicted molar refractivity (Wildman–Crippen MR) is 65.3 cm³/mol. The number of amides is 2. The van der Waals surface area contributed by atoms with Crippen LogP contribution in [0.2, 0.25) is 0 Å². The molecule has 0 aliphatic carbocycles. The molecule has 106 valence electrons. The molecule has 2 atom stereocenters. The van der Waals surface area contributed by atoms with E-state index in [1.165, 1.54) is 7.11 Å². The highest BCUT2D eigenvalue weighted by atomic mass is 16.5. The molecular formula is C11H22N2O5. The molecule has 2 unspecified atom stereocenters. The van der Waals surface area contributed by atoms with Crippen molar-refractivity contribution in [3.63, 3.8) is 0 Å².